The van der Waals surface area contributed by atoms with Gasteiger partial charge in [0, 0.05) is 13.3 Å². The maximum Gasteiger partial charge on any atom is 0.305 e. The summed E-state index contributed by atoms with van der Waals surface area (Å²) in [7, 11) is 0. The number of oxazole rings is 1. The molecular formula is C10H15NO3. The van der Waals surface area contributed by atoms with Gasteiger partial charge < -0.3 is 9.15 Å². The van der Waals surface area contributed by atoms with Crippen molar-refractivity contribution in [3.05, 3.63) is 17.8 Å². The van der Waals surface area contributed by atoms with Gasteiger partial charge in [0.05, 0.1) is 12.3 Å². The molecule has 0 atom stereocenters. The summed E-state index contributed by atoms with van der Waals surface area (Å²) >= 11 is 0. The van der Waals surface area contributed by atoms with E-state index in [1.807, 2.05) is 0 Å². The van der Waals surface area contributed by atoms with Gasteiger partial charge in [-0.2, -0.15) is 0 Å². The Bertz CT molecular complexity index is 293. The maximum absolute atomic E-state index is 11.0. The first kappa shape index (κ1) is 10.8. The number of nitrogens with zero attached hydrogens (tertiary/aromatic N) is 1. The Morgan fingerprint density at radius 2 is 2.43 bits per heavy atom. The molecule has 1 aromatic heterocycles. The SMILES string of the molecule is CCOC(=O)CCCc1coc(C)n1. The Hall–Kier alpha value is -1.32. The lowest BCUT2D eigenvalue weighted by Crippen LogP contribution is -2.04. The summed E-state index contributed by atoms with van der Waals surface area (Å²) < 4.78 is 9.84. The fraction of sp³-hybridized carbons (Fsp3) is 0.600. The van der Waals surface area contributed by atoms with Crippen molar-refractivity contribution in [1.29, 1.82) is 0 Å². The van der Waals surface area contributed by atoms with Crippen LogP contribution in [0.4, 0.5) is 0 Å². The first-order valence-electron chi connectivity index (χ1n) is 4.79. The summed E-state index contributed by atoms with van der Waals surface area (Å²) in [5.74, 6) is 0.517. The van der Waals surface area contributed by atoms with E-state index in [1.165, 1.54) is 0 Å². The number of aryl methyl sites for hydroxylation is 2. The summed E-state index contributed by atoms with van der Waals surface area (Å²) in [5.41, 5.74) is 0.895. The predicted octanol–water partition coefficient (Wildman–Crippen LogP) is 1.87. The number of aromatic nitrogens is 1. The molecule has 0 fully saturated rings. The van der Waals surface area contributed by atoms with Gasteiger partial charge in [-0.05, 0) is 19.8 Å². The zero-order valence-corrected chi connectivity index (χ0v) is 8.58. The first-order valence-corrected chi connectivity index (χ1v) is 4.79. The van der Waals surface area contributed by atoms with Gasteiger partial charge in [0.15, 0.2) is 5.89 Å². The molecule has 0 amide bonds. The molecule has 14 heavy (non-hydrogen) atoms. The molecule has 0 aliphatic rings. The molecular weight excluding hydrogens is 182 g/mol. The van der Waals surface area contributed by atoms with Crippen molar-refractivity contribution in [2.75, 3.05) is 6.61 Å². The van der Waals surface area contributed by atoms with Crippen LogP contribution in [0.2, 0.25) is 0 Å². The van der Waals surface area contributed by atoms with Gasteiger partial charge in [0.2, 0.25) is 0 Å². The molecule has 4 nitrogen and oxygen atoms in total. The molecule has 0 aromatic carbocycles. The molecule has 78 valence electrons. The van der Waals surface area contributed by atoms with E-state index in [0.29, 0.717) is 18.9 Å². The molecule has 0 aliphatic heterocycles. The van der Waals surface area contributed by atoms with E-state index in [4.69, 9.17) is 9.15 Å². The van der Waals surface area contributed by atoms with Gasteiger partial charge in [-0.15, -0.1) is 0 Å². The number of hydrogen-bond donors (Lipinski definition) is 0. The van der Waals surface area contributed by atoms with E-state index in [1.54, 1.807) is 20.1 Å². The highest BCUT2D eigenvalue weighted by molar-refractivity contribution is 5.69. The molecule has 1 heterocycles. The third-order valence-electron chi connectivity index (χ3n) is 1.79. The minimum atomic E-state index is -0.146. The zero-order valence-electron chi connectivity index (χ0n) is 8.58. The fourth-order valence-electron chi connectivity index (χ4n) is 1.17. The molecule has 0 aliphatic carbocycles. The maximum atomic E-state index is 11.0. The standard InChI is InChI=1S/C10H15NO3/c1-3-13-10(12)6-4-5-9-7-14-8(2)11-9/h7H,3-6H2,1-2H3. The Morgan fingerprint density at radius 3 is 3.00 bits per heavy atom. The van der Waals surface area contributed by atoms with Crippen molar-refractivity contribution in [3.8, 4) is 0 Å². The van der Waals surface area contributed by atoms with Gasteiger partial charge in [-0.25, -0.2) is 4.98 Å². The largest absolute Gasteiger partial charge is 0.466 e. The lowest BCUT2D eigenvalue weighted by Gasteiger charge is -1.99. The summed E-state index contributed by atoms with van der Waals surface area (Å²) in [6.07, 6.45) is 3.58. The number of ether oxygens (including phenoxy) is 1. The van der Waals surface area contributed by atoms with Crippen molar-refractivity contribution in [2.45, 2.75) is 33.1 Å². The third-order valence-corrected chi connectivity index (χ3v) is 1.79. The van der Waals surface area contributed by atoms with Gasteiger partial charge in [0.25, 0.3) is 0 Å². The van der Waals surface area contributed by atoms with Crippen LogP contribution in [-0.2, 0) is 16.0 Å². The Balaban J connectivity index is 2.18. The Labute approximate surface area is 83.3 Å². The second kappa shape index (κ2) is 5.42. The normalized spacial score (nSPS) is 10.1. The molecule has 4 heteroatoms. The van der Waals surface area contributed by atoms with Crippen molar-refractivity contribution >= 4 is 5.97 Å². The highest BCUT2D eigenvalue weighted by atomic mass is 16.5. The van der Waals surface area contributed by atoms with E-state index in [-0.39, 0.29) is 5.97 Å². The fourth-order valence-corrected chi connectivity index (χ4v) is 1.17. The highest BCUT2D eigenvalue weighted by Crippen LogP contribution is 2.05. The predicted molar refractivity (Wildman–Crippen MR) is 50.8 cm³/mol. The van der Waals surface area contributed by atoms with Crippen molar-refractivity contribution in [1.82, 2.24) is 4.98 Å². The zero-order chi connectivity index (χ0) is 10.4. The second-order valence-electron chi connectivity index (χ2n) is 3.02. The highest BCUT2D eigenvalue weighted by Gasteiger charge is 2.03. The van der Waals surface area contributed by atoms with Crippen molar-refractivity contribution < 1.29 is 13.9 Å². The van der Waals surface area contributed by atoms with Gasteiger partial charge >= 0.3 is 5.97 Å². The van der Waals surface area contributed by atoms with Gasteiger partial charge in [0.1, 0.15) is 6.26 Å². The summed E-state index contributed by atoms with van der Waals surface area (Å²) in [4.78, 5) is 15.1. The topological polar surface area (TPSA) is 52.3 Å². The minimum absolute atomic E-state index is 0.146. The van der Waals surface area contributed by atoms with E-state index < -0.39 is 0 Å². The van der Waals surface area contributed by atoms with Crippen LogP contribution in [0.15, 0.2) is 10.7 Å². The molecule has 0 N–H and O–H groups in total. The lowest BCUT2D eigenvalue weighted by atomic mass is 10.2. The van der Waals surface area contributed by atoms with Crippen LogP contribution < -0.4 is 0 Å². The van der Waals surface area contributed by atoms with Crippen LogP contribution >= 0.6 is 0 Å². The van der Waals surface area contributed by atoms with E-state index in [9.17, 15) is 4.79 Å². The Morgan fingerprint density at radius 1 is 1.64 bits per heavy atom. The third kappa shape index (κ3) is 3.60. The van der Waals surface area contributed by atoms with E-state index in [2.05, 4.69) is 4.98 Å². The molecule has 0 radical (unpaired) electrons. The smallest absolute Gasteiger partial charge is 0.305 e. The van der Waals surface area contributed by atoms with Gasteiger partial charge in [-0.3, -0.25) is 4.79 Å². The summed E-state index contributed by atoms with van der Waals surface area (Å²) in [6.45, 7) is 4.05. The molecule has 0 unspecified atom stereocenters. The van der Waals surface area contributed by atoms with Crippen LogP contribution in [0, 0.1) is 6.92 Å². The molecule has 0 saturated carbocycles. The number of esters is 1. The van der Waals surface area contributed by atoms with Crippen LogP contribution in [0.1, 0.15) is 31.4 Å². The van der Waals surface area contributed by atoms with Crippen LogP contribution in [0.3, 0.4) is 0 Å². The summed E-state index contributed by atoms with van der Waals surface area (Å²) in [5, 5.41) is 0. The second-order valence-corrected chi connectivity index (χ2v) is 3.02. The average Bonchev–Trinajstić information content (AvgIpc) is 2.52. The average molecular weight is 197 g/mol. The quantitative estimate of drug-likeness (QED) is 0.676. The van der Waals surface area contributed by atoms with Crippen LogP contribution in [0.25, 0.3) is 0 Å². The van der Waals surface area contributed by atoms with Crippen molar-refractivity contribution in [3.63, 3.8) is 0 Å². The van der Waals surface area contributed by atoms with Crippen LogP contribution in [0.5, 0.6) is 0 Å². The number of rotatable bonds is 5. The minimum Gasteiger partial charge on any atom is -0.466 e. The first-order chi connectivity index (χ1) is 6.72. The molecule has 0 bridgehead atoms. The Kier molecular flexibility index (Phi) is 4.16. The number of hydrogen-bond acceptors (Lipinski definition) is 4. The molecule has 1 aromatic rings. The lowest BCUT2D eigenvalue weighted by molar-refractivity contribution is -0.143. The van der Waals surface area contributed by atoms with Crippen molar-refractivity contribution in [2.24, 2.45) is 0 Å². The van der Waals surface area contributed by atoms with E-state index in [0.717, 1.165) is 18.5 Å². The van der Waals surface area contributed by atoms with E-state index >= 15 is 0 Å². The number of carbonyl (C=O) groups is 1. The van der Waals surface area contributed by atoms with Crippen LogP contribution in [-0.4, -0.2) is 17.6 Å². The molecule has 0 saturated heterocycles. The molecule has 1 rings (SSSR count). The molecule has 0 spiro atoms. The monoisotopic (exact) mass is 197 g/mol. The summed E-state index contributed by atoms with van der Waals surface area (Å²) in [6, 6.07) is 0. The van der Waals surface area contributed by atoms with Gasteiger partial charge in [-0.1, -0.05) is 0 Å². The number of carbonyl (C=O) groups excluding carboxylic acids is 1.